The molecule has 3 nitrogen and oxygen atoms in total. The molecule has 0 atom stereocenters. The summed E-state index contributed by atoms with van der Waals surface area (Å²) in [6.07, 6.45) is 0. The second-order valence-corrected chi connectivity index (χ2v) is 5.90. The summed E-state index contributed by atoms with van der Waals surface area (Å²) in [4.78, 5) is 1.75. The highest BCUT2D eigenvalue weighted by Crippen LogP contribution is 2.31. The molecule has 1 rings (SSSR count). The van der Waals surface area contributed by atoms with E-state index in [4.69, 9.17) is 17.0 Å². The zero-order valence-corrected chi connectivity index (χ0v) is 12.5. The Balaban J connectivity index is 2.83. The minimum absolute atomic E-state index is 0.0951. The van der Waals surface area contributed by atoms with E-state index < -0.39 is 0 Å². The molecule has 0 saturated carbocycles. The number of phenolic OH excluding ortho intramolecular Hbond substituents is 1. The molecule has 0 aromatic heterocycles. The number of phenols is 1. The van der Waals surface area contributed by atoms with Crippen LogP contribution in [0.1, 0.15) is 31.9 Å². The number of rotatable bonds is 2. The Morgan fingerprint density at radius 1 is 1.33 bits per heavy atom. The van der Waals surface area contributed by atoms with Gasteiger partial charge in [-0.15, -0.1) is 0 Å². The third kappa shape index (κ3) is 3.88. The van der Waals surface area contributed by atoms with Crippen LogP contribution < -0.4 is 0 Å². The first-order valence-electron chi connectivity index (χ1n) is 5.88. The summed E-state index contributed by atoms with van der Waals surface area (Å²) >= 11 is 5.06. The van der Waals surface area contributed by atoms with Crippen LogP contribution in [0, 0.1) is 0 Å². The Kier molecular flexibility index (Phi) is 4.57. The van der Waals surface area contributed by atoms with Crippen molar-refractivity contribution in [2.45, 2.75) is 32.8 Å². The minimum Gasteiger partial charge on any atom is -0.508 e. The molecule has 0 aliphatic rings. The molecule has 100 valence electrons. The smallest absolute Gasteiger partial charge is 0.259 e. The van der Waals surface area contributed by atoms with Gasteiger partial charge in [0.15, 0.2) is 0 Å². The third-order valence-electron chi connectivity index (χ3n) is 2.60. The number of aromatic hydroxyl groups is 1. The zero-order valence-electron chi connectivity index (χ0n) is 11.7. The molecule has 1 aromatic carbocycles. The maximum absolute atomic E-state index is 9.86. The highest BCUT2D eigenvalue weighted by Gasteiger charge is 2.18. The van der Waals surface area contributed by atoms with Gasteiger partial charge in [0.1, 0.15) is 12.4 Å². The summed E-state index contributed by atoms with van der Waals surface area (Å²) in [7, 11) is 3.69. The fourth-order valence-corrected chi connectivity index (χ4v) is 1.61. The van der Waals surface area contributed by atoms with Crippen molar-refractivity contribution in [2.75, 3.05) is 14.1 Å². The number of hydrogen-bond donors (Lipinski definition) is 1. The van der Waals surface area contributed by atoms with Crippen LogP contribution in [0.2, 0.25) is 0 Å². The van der Waals surface area contributed by atoms with Crippen molar-refractivity contribution < 1.29 is 9.84 Å². The van der Waals surface area contributed by atoms with Crippen LogP contribution in [-0.4, -0.2) is 29.3 Å². The van der Waals surface area contributed by atoms with Crippen LogP contribution in [0.25, 0.3) is 0 Å². The van der Waals surface area contributed by atoms with E-state index in [2.05, 4.69) is 20.8 Å². The molecule has 0 aliphatic heterocycles. The highest BCUT2D eigenvalue weighted by atomic mass is 32.1. The molecule has 0 radical (unpaired) electrons. The lowest BCUT2D eigenvalue weighted by Crippen LogP contribution is -2.22. The summed E-state index contributed by atoms with van der Waals surface area (Å²) in [6.45, 7) is 6.62. The van der Waals surface area contributed by atoms with Crippen molar-refractivity contribution in [3.05, 3.63) is 29.3 Å². The van der Waals surface area contributed by atoms with Crippen LogP contribution in [0.3, 0.4) is 0 Å². The molecule has 0 bridgehead atoms. The highest BCUT2D eigenvalue weighted by molar-refractivity contribution is 7.79. The van der Waals surface area contributed by atoms with Gasteiger partial charge in [-0.25, -0.2) is 0 Å². The normalized spacial score (nSPS) is 11.2. The maximum atomic E-state index is 9.86. The van der Waals surface area contributed by atoms with E-state index in [1.807, 2.05) is 26.2 Å². The quantitative estimate of drug-likeness (QED) is 0.835. The van der Waals surface area contributed by atoms with Crippen molar-refractivity contribution in [1.82, 2.24) is 4.90 Å². The first-order valence-corrected chi connectivity index (χ1v) is 6.29. The number of ether oxygens (including phenoxy) is 1. The molecular weight excluding hydrogens is 246 g/mol. The Morgan fingerprint density at radius 3 is 2.44 bits per heavy atom. The fourth-order valence-electron chi connectivity index (χ4n) is 1.55. The van der Waals surface area contributed by atoms with E-state index in [9.17, 15) is 5.11 Å². The van der Waals surface area contributed by atoms with Crippen LogP contribution in [0.4, 0.5) is 0 Å². The van der Waals surface area contributed by atoms with Gasteiger partial charge < -0.3 is 14.7 Å². The Morgan fingerprint density at radius 2 is 1.94 bits per heavy atom. The van der Waals surface area contributed by atoms with E-state index in [0.29, 0.717) is 17.5 Å². The summed E-state index contributed by atoms with van der Waals surface area (Å²) in [6, 6.07) is 5.52. The molecule has 0 heterocycles. The van der Waals surface area contributed by atoms with Crippen LogP contribution >= 0.6 is 12.2 Å². The number of benzene rings is 1. The van der Waals surface area contributed by atoms with Gasteiger partial charge in [0, 0.05) is 14.1 Å². The minimum atomic E-state index is -0.0951. The summed E-state index contributed by atoms with van der Waals surface area (Å²) in [5.41, 5.74) is 1.82. The van der Waals surface area contributed by atoms with Gasteiger partial charge in [0.25, 0.3) is 5.17 Å². The number of hydrogen-bond acceptors (Lipinski definition) is 3. The number of thiocarbonyl (C=S) groups is 1. The van der Waals surface area contributed by atoms with E-state index in [0.717, 1.165) is 11.1 Å². The molecule has 0 amide bonds. The van der Waals surface area contributed by atoms with Crippen molar-refractivity contribution in [3.63, 3.8) is 0 Å². The van der Waals surface area contributed by atoms with E-state index in [1.165, 1.54) is 0 Å². The largest absolute Gasteiger partial charge is 0.508 e. The van der Waals surface area contributed by atoms with E-state index in [1.54, 1.807) is 11.0 Å². The summed E-state index contributed by atoms with van der Waals surface area (Å²) in [5, 5.41) is 10.3. The van der Waals surface area contributed by atoms with Crippen LogP contribution in [-0.2, 0) is 16.8 Å². The van der Waals surface area contributed by atoms with Gasteiger partial charge in [-0.05, 0) is 40.9 Å². The Bertz CT molecular complexity index is 436. The van der Waals surface area contributed by atoms with Gasteiger partial charge in [-0.2, -0.15) is 0 Å². The van der Waals surface area contributed by atoms with Crippen molar-refractivity contribution in [2.24, 2.45) is 0 Å². The first kappa shape index (κ1) is 14.8. The molecule has 1 N–H and O–H groups in total. The molecule has 0 unspecified atom stereocenters. The molecular formula is C14H21NO2S. The van der Waals surface area contributed by atoms with E-state index >= 15 is 0 Å². The average Bonchev–Trinajstić information content (AvgIpc) is 2.25. The Hall–Kier alpha value is -1.29. The van der Waals surface area contributed by atoms with Gasteiger partial charge in [-0.1, -0.05) is 26.8 Å². The number of nitrogens with zero attached hydrogens (tertiary/aromatic N) is 1. The average molecular weight is 267 g/mol. The SMILES string of the molecule is CN(C)C(=S)OCc1ccc(O)c(C(C)(C)C)c1. The summed E-state index contributed by atoms with van der Waals surface area (Å²) < 4.78 is 5.47. The molecule has 0 aliphatic carbocycles. The fraction of sp³-hybridized carbons (Fsp3) is 0.500. The monoisotopic (exact) mass is 267 g/mol. The van der Waals surface area contributed by atoms with Crippen molar-refractivity contribution in [1.29, 1.82) is 0 Å². The van der Waals surface area contributed by atoms with Crippen molar-refractivity contribution in [3.8, 4) is 5.75 Å². The Labute approximate surface area is 114 Å². The topological polar surface area (TPSA) is 32.7 Å². The van der Waals surface area contributed by atoms with Gasteiger partial charge >= 0.3 is 0 Å². The summed E-state index contributed by atoms with van der Waals surface area (Å²) in [5.74, 6) is 0.321. The lowest BCUT2D eigenvalue weighted by Gasteiger charge is -2.21. The molecule has 0 saturated heterocycles. The van der Waals surface area contributed by atoms with Gasteiger partial charge in [-0.3, -0.25) is 0 Å². The zero-order chi connectivity index (χ0) is 13.9. The predicted octanol–water partition coefficient (Wildman–Crippen LogP) is 3.05. The molecule has 1 aromatic rings. The van der Waals surface area contributed by atoms with Gasteiger partial charge in [0.2, 0.25) is 0 Å². The predicted molar refractivity (Wildman–Crippen MR) is 77.9 cm³/mol. The first-order chi connectivity index (χ1) is 8.21. The molecule has 18 heavy (non-hydrogen) atoms. The second kappa shape index (κ2) is 5.57. The molecule has 4 heteroatoms. The molecule has 0 spiro atoms. The standard InChI is InChI=1S/C14H21NO2S/c1-14(2,3)11-8-10(6-7-12(11)16)9-17-13(18)15(4)5/h6-8,16H,9H2,1-5H3. The second-order valence-electron chi connectivity index (χ2n) is 5.55. The lowest BCUT2D eigenvalue weighted by atomic mass is 9.85. The van der Waals surface area contributed by atoms with E-state index in [-0.39, 0.29) is 5.41 Å². The van der Waals surface area contributed by atoms with Gasteiger partial charge in [0.05, 0.1) is 0 Å². The van der Waals surface area contributed by atoms with Crippen molar-refractivity contribution >= 4 is 17.4 Å². The van der Waals surface area contributed by atoms with Crippen LogP contribution in [0.15, 0.2) is 18.2 Å². The maximum Gasteiger partial charge on any atom is 0.259 e. The molecule has 0 fully saturated rings. The third-order valence-corrected chi connectivity index (χ3v) is 3.08. The van der Waals surface area contributed by atoms with Crippen LogP contribution in [0.5, 0.6) is 5.75 Å². The lowest BCUT2D eigenvalue weighted by molar-refractivity contribution is 0.257.